The first-order valence-electron chi connectivity index (χ1n) is 11.0. The topological polar surface area (TPSA) is 103 Å². The standard InChI is InChI=1S/C26H19ClFN5O3/c1-14-3-9-18(11-21(14)28)30-22(34)13-33-12-20(23(35)19-10-4-15(2)29-25(19)33)26-31-24(32-36-26)16-5-7-17(27)8-6-16/h3-12H,13H2,1-2H3,(H,30,34). The van der Waals surface area contributed by atoms with Crippen molar-refractivity contribution in [3.05, 3.63) is 93.1 Å². The lowest BCUT2D eigenvalue weighted by molar-refractivity contribution is -0.116. The molecule has 8 nitrogen and oxygen atoms in total. The van der Waals surface area contributed by atoms with E-state index in [1.165, 1.54) is 16.8 Å². The number of benzene rings is 2. The summed E-state index contributed by atoms with van der Waals surface area (Å²) in [4.78, 5) is 35.0. The number of hydrogen-bond donors (Lipinski definition) is 1. The van der Waals surface area contributed by atoms with Crippen LogP contribution in [0.3, 0.4) is 0 Å². The van der Waals surface area contributed by atoms with Crippen LogP contribution < -0.4 is 10.7 Å². The molecular formula is C26H19ClFN5O3. The fourth-order valence-corrected chi connectivity index (χ4v) is 3.83. The molecule has 36 heavy (non-hydrogen) atoms. The maximum atomic E-state index is 13.9. The molecule has 10 heteroatoms. The molecule has 0 aliphatic carbocycles. The molecular weight excluding hydrogens is 485 g/mol. The minimum Gasteiger partial charge on any atom is -0.333 e. The van der Waals surface area contributed by atoms with Crippen molar-refractivity contribution in [2.24, 2.45) is 0 Å². The molecule has 0 aliphatic heterocycles. The van der Waals surface area contributed by atoms with E-state index in [1.807, 2.05) is 0 Å². The Bertz CT molecular complexity index is 1680. The molecule has 1 N–H and O–H groups in total. The van der Waals surface area contributed by atoms with Crippen molar-refractivity contribution in [2.75, 3.05) is 5.32 Å². The van der Waals surface area contributed by atoms with E-state index < -0.39 is 11.7 Å². The Hall–Kier alpha value is -4.37. The van der Waals surface area contributed by atoms with Crippen molar-refractivity contribution in [3.63, 3.8) is 0 Å². The lowest BCUT2D eigenvalue weighted by Gasteiger charge is -2.13. The van der Waals surface area contributed by atoms with Crippen LogP contribution in [0, 0.1) is 19.7 Å². The van der Waals surface area contributed by atoms with Crippen LogP contribution >= 0.6 is 11.6 Å². The Morgan fingerprint density at radius 1 is 1.08 bits per heavy atom. The Labute approximate surface area is 209 Å². The minimum atomic E-state index is -0.426. The maximum Gasteiger partial charge on any atom is 0.263 e. The molecule has 0 unspecified atom stereocenters. The first kappa shape index (κ1) is 23.4. The van der Waals surface area contributed by atoms with Gasteiger partial charge >= 0.3 is 0 Å². The van der Waals surface area contributed by atoms with Crippen LogP contribution in [0.4, 0.5) is 10.1 Å². The molecule has 0 aliphatic rings. The number of aromatic nitrogens is 4. The number of carbonyl (C=O) groups is 1. The Balaban J connectivity index is 1.54. The summed E-state index contributed by atoms with van der Waals surface area (Å²) in [7, 11) is 0. The highest BCUT2D eigenvalue weighted by atomic mass is 35.5. The summed E-state index contributed by atoms with van der Waals surface area (Å²) >= 11 is 5.95. The van der Waals surface area contributed by atoms with Gasteiger partial charge in [0.25, 0.3) is 5.89 Å². The monoisotopic (exact) mass is 503 g/mol. The van der Waals surface area contributed by atoms with E-state index in [4.69, 9.17) is 16.1 Å². The number of halogens is 2. The van der Waals surface area contributed by atoms with Gasteiger partial charge in [-0.2, -0.15) is 4.98 Å². The zero-order valence-electron chi connectivity index (χ0n) is 19.3. The molecule has 0 radical (unpaired) electrons. The van der Waals surface area contributed by atoms with Gasteiger partial charge in [-0.05, 0) is 67.9 Å². The van der Waals surface area contributed by atoms with Crippen LogP contribution in [0.2, 0.25) is 5.02 Å². The lowest BCUT2D eigenvalue weighted by atomic mass is 10.1. The highest BCUT2D eigenvalue weighted by Crippen LogP contribution is 2.23. The molecule has 0 spiro atoms. The van der Waals surface area contributed by atoms with Crippen LogP contribution in [-0.4, -0.2) is 25.6 Å². The molecule has 3 aromatic heterocycles. The molecule has 1 amide bonds. The number of anilines is 1. The largest absolute Gasteiger partial charge is 0.333 e. The van der Waals surface area contributed by atoms with Crippen LogP contribution in [0.1, 0.15) is 11.3 Å². The number of nitrogens with one attached hydrogen (secondary N) is 1. The lowest BCUT2D eigenvalue weighted by Crippen LogP contribution is -2.22. The maximum absolute atomic E-state index is 13.9. The summed E-state index contributed by atoms with van der Waals surface area (Å²) in [5.41, 5.74) is 2.22. The Morgan fingerprint density at radius 3 is 2.61 bits per heavy atom. The summed E-state index contributed by atoms with van der Waals surface area (Å²) in [5.74, 6) is -0.560. The van der Waals surface area contributed by atoms with Crippen LogP contribution in [-0.2, 0) is 11.3 Å². The van der Waals surface area contributed by atoms with E-state index in [0.29, 0.717) is 38.6 Å². The summed E-state index contributed by atoms with van der Waals surface area (Å²) in [5, 5.41) is 7.51. The average molecular weight is 504 g/mol. The van der Waals surface area contributed by atoms with Gasteiger partial charge in [-0.1, -0.05) is 22.8 Å². The fourth-order valence-electron chi connectivity index (χ4n) is 3.71. The number of pyridine rings is 2. The Kier molecular flexibility index (Phi) is 6.07. The molecule has 0 fully saturated rings. The van der Waals surface area contributed by atoms with Gasteiger partial charge in [0, 0.05) is 28.2 Å². The van der Waals surface area contributed by atoms with Crippen molar-refractivity contribution in [3.8, 4) is 22.8 Å². The number of rotatable bonds is 5. The summed E-state index contributed by atoms with van der Waals surface area (Å²) in [6.45, 7) is 3.24. The van der Waals surface area contributed by atoms with Gasteiger partial charge < -0.3 is 14.4 Å². The Morgan fingerprint density at radius 2 is 1.86 bits per heavy atom. The SMILES string of the molecule is Cc1ccc2c(=O)c(-c3nc(-c4ccc(Cl)cc4)no3)cn(CC(=O)Nc3ccc(C)c(F)c3)c2n1. The van der Waals surface area contributed by atoms with Gasteiger partial charge in [0.1, 0.15) is 23.6 Å². The fraction of sp³-hybridized carbons (Fsp3) is 0.115. The average Bonchev–Trinajstić information content (AvgIpc) is 3.33. The highest BCUT2D eigenvalue weighted by molar-refractivity contribution is 6.30. The summed E-state index contributed by atoms with van der Waals surface area (Å²) in [6.07, 6.45) is 1.46. The molecule has 5 rings (SSSR count). The predicted octanol–water partition coefficient (Wildman–Crippen LogP) is 5.16. The van der Waals surface area contributed by atoms with E-state index in [1.54, 1.807) is 62.4 Å². The van der Waals surface area contributed by atoms with Gasteiger partial charge in [0.05, 0.1) is 5.39 Å². The zero-order valence-corrected chi connectivity index (χ0v) is 20.0. The molecule has 0 atom stereocenters. The van der Waals surface area contributed by atoms with Crippen molar-refractivity contribution < 1.29 is 13.7 Å². The molecule has 0 saturated heterocycles. The van der Waals surface area contributed by atoms with Gasteiger partial charge in [0.2, 0.25) is 17.2 Å². The van der Waals surface area contributed by atoms with Crippen LogP contribution in [0.25, 0.3) is 33.9 Å². The van der Waals surface area contributed by atoms with Crippen LogP contribution in [0.5, 0.6) is 0 Å². The molecule has 0 saturated carbocycles. The van der Waals surface area contributed by atoms with Crippen molar-refractivity contribution >= 4 is 34.2 Å². The molecule has 2 aromatic carbocycles. The van der Waals surface area contributed by atoms with E-state index in [9.17, 15) is 14.0 Å². The minimum absolute atomic E-state index is 0.00203. The quantitative estimate of drug-likeness (QED) is 0.355. The van der Waals surface area contributed by atoms with E-state index in [-0.39, 0.29) is 29.3 Å². The zero-order chi connectivity index (χ0) is 25.4. The van der Waals surface area contributed by atoms with Crippen LogP contribution in [0.15, 0.2) is 70.1 Å². The van der Waals surface area contributed by atoms with E-state index in [0.717, 1.165) is 0 Å². The predicted molar refractivity (Wildman–Crippen MR) is 134 cm³/mol. The first-order valence-corrected chi connectivity index (χ1v) is 11.3. The summed E-state index contributed by atoms with van der Waals surface area (Å²) < 4.78 is 20.8. The van der Waals surface area contributed by atoms with E-state index >= 15 is 0 Å². The van der Waals surface area contributed by atoms with Gasteiger partial charge in [-0.15, -0.1) is 0 Å². The molecule has 180 valence electrons. The third kappa shape index (κ3) is 4.60. The second-order valence-corrected chi connectivity index (χ2v) is 8.70. The van der Waals surface area contributed by atoms with Gasteiger partial charge in [-0.3, -0.25) is 9.59 Å². The number of nitrogens with zero attached hydrogens (tertiary/aromatic N) is 4. The van der Waals surface area contributed by atoms with E-state index in [2.05, 4.69) is 20.4 Å². The molecule has 0 bridgehead atoms. The highest BCUT2D eigenvalue weighted by Gasteiger charge is 2.19. The normalized spacial score (nSPS) is 11.1. The molecule has 5 aromatic rings. The second-order valence-electron chi connectivity index (χ2n) is 8.27. The number of aryl methyl sites for hydroxylation is 2. The van der Waals surface area contributed by atoms with Gasteiger partial charge in [0.15, 0.2) is 0 Å². The third-order valence-electron chi connectivity index (χ3n) is 5.59. The third-order valence-corrected chi connectivity index (χ3v) is 5.84. The van der Waals surface area contributed by atoms with Crippen molar-refractivity contribution in [2.45, 2.75) is 20.4 Å². The number of hydrogen-bond acceptors (Lipinski definition) is 6. The van der Waals surface area contributed by atoms with Crippen molar-refractivity contribution in [1.82, 2.24) is 19.7 Å². The number of amides is 1. The van der Waals surface area contributed by atoms with Gasteiger partial charge in [-0.25, -0.2) is 9.37 Å². The number of fused-ring (bicyclic) bond motifs is 1. The second kappa shape index (κ2) is 9.35. The van der Waals surface area contributed by atoms with Crippen molar-refractivity contribution in [1.29, 1.82) is 0 Å². The summed E-state index contributed by atoms with van der Waals surface area (Å²) in [6, 6.07) is 14.7. The number of carbonyl (C=O) groups excluding carboxylic acids is 1. The first-order chi connectivity index (χ1) is 17.3. The smallest absolute Gasteiger partial charge is 0.263 e. The molecule has 3 heterocycles.